The molecule has 1 heterocycles. The van der Waals surface area contributed by atoms with Gasteiger partial charge in [-0.2, -0.15) is 0 Å². The third-order valence-corrected chi connectivity index (χ3v) is 15.6. The highest BCUT2D eigenvalue weighted by Gasteiger charge is 2.41. The van der Waals surface area contributed by atoms with E-state index in [4.69, 9.17) is 0 Å². The predicted octanol–water partition coefficient (Wildman–Crippen LogP) is 9.17. The van der Waals surface area contributed by atoms with E-state index in [-0.39, 0.29) is 0 Å². The smallest absolute Gasteiger partial charge is 0.146 e. The van der Waals surface area contributed by atoms with Crippen LogP contribution >= 0.6 is 0 Å². The van der Waals surface area contributed by atoms with Crippen molar-refractivity contribution in [2.24, 2.45) is 0 Å². The second-order valence-electron chi connectivity index (χ2n) is 11.4. The monoisotopic (exact) mass is 479 g/mol. The third-order valence-electron chi connectivity index (χ3n) is 6.94. The van der Waals surface area contributed by atoms with E-state index < -0.39 is 16.1 Å². The second kappa shape index (κ2) is 13.4. The molecule has 0 spiro atoms. The van der Waals surface area contributed by atoms with Crippen molar-refractivity contribution in [3.05, 3.63) is 40.4 Å². The summed E-state index contributed by atoms with van der Waals surface area (Å²) in [5.74, 6) is 10.4. The van der Waals surface area contributed by atoms with Gasteiger partial charge in [-0.05, 0) is 47.2 Å². The van der Waals surface area contributed by atoms with Crippen molar-refractivity contribution < 1.29 is 0 Å². The molecule has 0 N–H and O–H groups in total. The van der Waals surface area contributed by atoms with Crippen LogP contribution in [-0.4, -0.2) is 21.1 Å². The van der Waals surface area contributed by atoms with E-state index in [1.54, 1.807) is 5.20 Å². The van der Waals surface area contributed by atoms with Gasteiger partial charge in [-0.1, -0.05) is 117 Å². The van der Waals surface area contributed by atoms with E-state index >= 15 is 0 Å². The minimum absolute atomic E-state index is 0.632. The lowest BCUT2D eigenvalue weighted by Gasteiger charge is -2.38. The lowest BCUT2D eigenvalue weighted by molar-refractivity contribution is 0.792. The van der Waals surface area contributed by atoms with E-state index in [9.17, 15) is 0 Å². The fourth-order valence-corrected chi connectivity index (χ4v) is 12.4. The van der Waals surface area contributed by atoms with Crippen molar-refractivity contribution in [3.8, 4) is 23.3 Å². The van der Waals surface area contributed by atoms with Gasteiger partial charge in [0.15, 0.2) is 0 Å². The van der Waals surface area contributed by atoms with Crippen LogP contribution in [0, 0.1) is 23.3 Å². The number of rotatable bonds is 9. The Balaban J connectivity index is 3.29. The standard InChI is InChI=1S/C30H49NSi2/c1-12-14-16-30(32(9,10)11)28(15-13-2)19-17-27-18-20-29(31-23-27)21-22-33(24(3)4,25(5)6)26(7)8/h18,20,23-26H,12-16H2,1-11H3. The molecule has 1 aromatic rings. The van der Waals surface area contributed by atoms with E-state index in [2.05, 4.69) is 115 Å². The maximum atomic E-state index is 4.67. The topological polar surface area (TPSA) is 12.9 Å². The van der Waals surface area contributed by atoms with Gasteiger partial charge in [-0.3, -0.25) is 0 Å². The number of nitrogens with zero attached hydrogens (tertiary/aromatic N) is 1. The predicted molar refractivity (Wildman–Crippen MR) is 154 cm³/mol. The third kappa shape index (κ3) is 8.31. The van der Waals surface area contributed by atoms with Gasteiger partial charge in [0.1, 0.15) is 13.8 Å². The number of allylic oxidation sites excluding steroid dienone is 2. The Morgan fingerprint density at radius 1 is 0.848 bits per heavy atom. The van der Waals surface area contributed by atoms with E-state index in [1.165, 1.54) is 24.8 Å². The molecule has 0 fully saturated rings. The summed E-state index contributed by atoms with van der Waals surface area (Å²) in [6.45, 7) is 26.0. The van der Waals surface area contributed by atoms with Crippen molar-refractivity contribution in [2.45, 2.75) is 124 Å². The first-order valence-electron chi connectivity index (χ1n) is 13.1. The molecule has 0 unspecified atom stereocenters. The maximum absolute atomic E-state index is 4.67. The summed E-state index contributed by atoms with van der Waals surface area (Å²) in [7, 11) is -3.12. The van der Waals surface area contributed by atoms with Gasteiger partial charge >= 0.3 is 0 Å². The number of pyridine rings is 1. The molecule has 0 radical (unpaired) electrons. The molecule has 1 aromatic heterocycles. The van der Waals surface area contributed by atoms with Gasteiger partial charge < -0.3 is 0 Å². The van der Waals surface area contributed by atoms with E-state index in [1.807, 2.05) is 6.20 Å². The molecule has 0 atom stereocenters. The molecule has 1 rings (SSSR count). The zero-order valence-electron chi connectivity index (χ0n) is 23.4. The van der Waals surface area contributed by atoms with Crippen molar-refractivity contribution in [1.82, 2.24) is 4.98 Å². The molecule has 0 aliphatic heterocycles. The van der Waals surface area contributed by atoms with Crippen LogP contribution < -0.4 is 0 Å². The first-order valence-corrected chi connectivity index (χ1v) is 18.9. The Hall–Kier alpha value is -1.56. The molecule has 33 heavy (non-hydrogen) atoms. The molecular formula is C30H49NSi2. The SMILES string of the molecule is CCCCC(=C(C#Cc1ccc(C#C[Si](C(C)C)(C(C)C)C(C)C)nc1)CCC)[Si](C)(C)C. The Morgan fingerprint density at radius 3 is 1.88 bits per heavy atom. The summed E-state index contributed by atoms with van der Waals surface area (Å²) < 4.78 is 0. The minimum Gasteiger partial charge on any atom is -0.247 e. The zero-order chi connectivity index (χ0) is 25.2. The lowest BCUT2D eigenvalue weighted by Crippen LogP contribution is -2.43. The average Bonchev–Trinajstić information content (AvgIpc) is 2.71. The summed E-state index contributed by atoms with van der Waals surface area (Å²) in [6, 6.07) is 4.15. The Labute approximate surface area is 208 Å². The molecule has 0 saturated heterocycles. The highest BCUT2D eigenvalue weighted by Crippen LogP contribution is 2.40. The lowest BCUT2D eigenvalue weighted by atomic mass is 10.1. The molecule has 0 aromatic carbocycles. The quantitative estimate of drug-likeness (QED) is 0.254. The summed E-state index contributed by atoms with van der Waals surface area (Å²) in [6.07, 6.45) is 7.84. The second-order valence-corrected chi connectivity index (χ2v) is 22.1. The summed E-state index contributed by atoms with van der Waals surface area (Å²) in [4.78, 5) is 4.67. The largest absolute Gasteiger partial charge is 0.247 e. The van der Waals surface area contributed by atoms with Crippen molar-refractivity contribution in [1.29, 1.82) is 0 Å². The van der Waals surface area contributed by atoms with Crippen LogP contribution in [0.5, 0.6) is 0 Å². The molecule has 0 aliphatic rings. The number of unbranched alkanes of at least 4 members (excludes halogenated alkanes) is 1. The Bertz CT molecular complexity index is 869. The van der Waals surface area contributed by atoms with Crippen molar-refractivity contribution in [3.63, 3.8) is 0 Å². The molecule has 3 heteroatoms. The molecule has 1 nitrogen and oxygen atoms in total. The van der Waals surface area contributed by atoms with Gasteiger partial charge in [0, 0.05) is 11.8 Å². The van der Waals surface area contributed by atoms with Crippen LogP contribution in [0.25, 0.3) is 0 Å². The van der Waals surface area contributed by atoms with Crippen LogP contribution in [-0.2, 0) is 0 Å². The molecule has 0 saturated carbocycles. The molecule has 0 bridgehead atoms. The fraction of sp³-hybridized carbons (Fsp3) is 0.633. The first-order chi connectivity index (χ1) is 15.4. The van der Waals surface area contributed by atoms with Gasteiger partial charge in [-0.15, -0.1) is 5.54 Å². The maximum Gasteiger partial charge on any atom is 0.146 e. The van der Waals surface area contributed by atoms with Crippen LogP contribution in [0.2, 0.25) is 36.3 Å². The highest BCUT2D eigenvalue weighted by molar-refractivity contribution is 6.90. The van der Waals surface area contributed by atoms with E-state index in [0.717, 1.165) is 24.1 Å². The Morgan fingerprint density at radius 2 is 1.45 bits per heavy atom. The van der Waals surface area contributed by atoms with Gasteiger partial charge in [0.05, 0.1) is 8.07 Å². The van der Waals surface area contributed by atoms with Gasteiger partial charge in [-0.25, -0.2) is 4.98 Å². The van der Waals surface area contributed by atoms with Gasteiger partial charge in [0.2, 0.25) is 0 Å². The number of aromatic nitrogens is 1. The normalized spacial score (nSPS) is 12.9. The molecular weight excluding hydrogens is 431 g/mol. The summed E-state index contributed by atoms with van der Waals surface area (Å²) >= 11 is 0. The van der Waals surface area contributed by atoms with Crippen LogP contribution in [0.1, 0.15) is 98.8 Å². The summed E-state index contributed by atoms with van der Waals surface area (Å²) in [5, 5.41) is 1.66. The minimum atomic E-state index is -1.74. The Kier molecular flexibility index (Phi) is 11.9. The average molecular weight is 480 g/mol. The molecule has 0 amide bonds. The number of hydrogen-bond donors (Lipinski definition) is 0. The van der Waals surface area contributed by atoms with Crippen LogP contribution in [0.4, 0.5) is 0 Å². The van der Waals surface area contributed by atoms with Crippen molar-refractivity contribution >= 4 is 16.1 Å². The fourth-order valence-electron chi connectivity index (χ4n) is 5.17. The zero-order valence-corrected chi connectivity index (χ0v) is 25.4. The van der Waals surface area contributed by atoms with Crippen molar-refractivity contribution in [2.75, 3.05) is 0 Å². The first kappa shape index (κ1) is 29.5. The van der Waals surface area contributed by atoms with Crippen LogP contribution in [0.3, 0.4) is 0 Å². The van der Waals surface area contributed by atoms with Gasteiger partial charge in [0.25, 0.3) is 0 Å². The highest BCUT2D eigenvalue weighted by atomic mass is 28.3. The van der Waals surface area contributed by atoms with Crippen LogP contribution in [0.15, 0.2) is 29.1 Å². The summed E-state index contributed by atoms with van der Waals surface area (Å²) in [5.41, 5.74) is 8.91. The van der Waals surface area contributed by atoms with E-state index in [0.29, 0.717) is 16.6 Å². The molecule has 182 valence electrons. The molecule has 0 aliphatic carbocycles. The number of hydrogen-bond acceptors (Lipinski definition) is 1.